The minimum absolute atomic E-state index is 0.254. The van der Waals surface area contributed by atoms with Crippen molar-refractivity contribution in [3.63, 3.8) is 0 Å². The van der Waals surface area contributed by atoms with Crippen molar-refractivity contribution < 1.29 is 14.6 Å². The molecule has 0 aromatic carbocycles. The van der Waals surface area contributed by atoms with Crippen LogP contribution in [0.15, 0.2) is 18.5 Å². The summed E-state index contributed by atoms with van der Waals surface area (Å²) in [5.41, 5.74) is 1.03. The Morgan fingerprint density at radius 3 is 2.94 bits per heavy atom. The zero-order valence-electron chi connectivity index (χ0n) is 8.85. The number of carbonyl (C=O) groups excluding carboxylic acids is 1. The second-order valence-corrected chi connectivity index (χ2v) is 4.54. The predicted molar refractivity (Wildman–Crippen MR) is 55.8 cm³/mol. The van der Waals surface area contributed by atoms with Gasteiger partial charge in [0.25, 0.3) is 0 Å². The number of esters is 1. The zero-order chi connectivity index (χ0) is 11.2. The summed E-state index contributed by atoms with van der Waals surface area (Å²) in [7, 11) is 0. The lowest BCUT2D eigenvalue weighted by molar-refractivity contribution is -0.0494. The minimum Gasteiger partial charge on any atom is -0.450 e. The first-order chi connectivity index (χ1) is 7.71. The minimum atomic E-state index is -0.491. The van der Waals surface area contributed by atoms with Gasteiger partial charge in [0.1, 0.15) is 5.60 Å². The van der Waals surface area contributed by atoms with Crippen LogP contribution in [-0.4, -0.2) is 22.2 Å². The average Bonchev–Trinajstić information content (AvgIpc) is 2.58. The van der Waals surface area contributed by atoms with Gasteiger partial charge in [0, 0.05) is 18.0 Å². The van der Waals surface area contributed by atoms with Crippen LogP contribution in [0.5, 0.6) is 0 Å². The maximum Gasteiger partial charge on any atom is 0.341 e. The second kappa shape index (κ2) is 3.28. The molecule has 0 amide bonds. The van der Waals surface area contributed by atoms with Crippen LogP contribution in [0.25, 0.3) is 0 Å². The molecule has 4 heteroatoms. The van der Waals surface area contributed by atoms with Gasteiger partial charge in [-0.05, 0) is 31.7 Å². The van der Waals surface area contributed by atoms with Gasteiger partial charge < -0.3 is 9.84 Å². The van der Waals surface area contributed by atoms with E-state index in [9.17, 15) is 9.90 Å². The van der Waals surface area contributed by atoms with Gasteiger partial charge in [-0.15, -0.1) is 0 Å². The highest BCUT2D eigenvalue weighted by Gasteiger charge is 2.47. The average molecular weight is 219 g/mol. The maximum absolute atomic E-state index is 11.7. The number of nitrogens with zero attached hydrogens (tertiary/aromatic N) is 1. The van der Waals surface area contributed by atoms with Crippen LogP contribution < -0.4 is 0 Å². The molecule has 0 bridgehead atoms. The molecule has 1 saturated carbocycles. The number of fused-ring (bicyclic) bond motifs is 2. The van der Waals surface area contributed by atoms with Crippen molar-refractivity contribution in [2.24, 2.45) is 0 Å². The van der Waals surface area contributed by atoms with Gasteiger partial charge in [-0.25, -0.2) is 4.79 Å². The van der Waals surface area contributed by atoms with Gasteiger partial charge >= 0.3 is 5.97 Å². The van der Waals surface area contributed by atoms with E-state index in [0.29, 0.717) is 31.2 Å². The van der Waals surface area contributed by atoms with E-state index in [2.05, 4.69) is 4.98 Å². The van der Waals surface area contributed by atoms with E-state index in [1.807, 2.05) is 6.07 Å². The summed E-state index contributed by atoms with van der Waals surface area (Å²) >= 11 is 0. The summed E-state index contributed by atoms with van der Waals surface area (Å²) in [6.45, 7) is 0. The first-order valence-corrected chi connectivity index (χ1v) is 5.57. The summed E-state index contributed by atoms with van der Waals surface area (Å²) in [4.78, 5) is 15.6. The van der Waals surface area contributed by atoms with E-state index in [0.717, 1.165) is 5.56 Å². The van der Waals surface area contributed by atoms with Crippen LogP contribution in [0, 0.1) is 0 Å². The van der Waals surface area contributed by atoms with Gasteiger partial charge in [0.15, 0.2) is 0 Å². The van der Waals surface area contributed by atoms with E-state index in [-0.39, 0.29) is 12.1 Å². The molecule has 0 unspecified atom stereocenters. The summed E-state index contributed by atoms with van der Waals surface area (Å²) in [5.74, 6) is -0.278. The molecule has 1 fully saturated rings. The summed E-state index contributed by atoms with van der Waals surface area (Å²) in [5, 5.41) is 9.51. The number of rotatable bonds is 0. The number of aliphatic hydroxyl groups is 1. The van der Waals surface area contributed by atoms with Gasteiger partial charge in [-0.1, -0.05) is 0 Å². The standard InChI is InChI=1S/C12H13NO3/c14-8-1-4-12(5-2-8)10-3-6-13-7-9(10)11(15)16-12/h3,6-8,14H,1-2,4-5H2/t8-,12+. The van der Waals surface area contributed by atoms with E-state index in [1.54, 1.807) is 12.4 Å². The Morgan fingerprint density at radius 2 is 2.19 bits per heavy atom. The molecule has 1 aromatic heterocycles. The van der Waals surface area contributed by atoms with Crippen molar-refractivity contribution in [3.8, 4) is 0 Å². The fraction of sp³-hybridized carbons (Fsp3) is 0.500. The number of hydrogen-bond donors (Lipinski definition) is 1. The Hall–Kier alpha value is -1.42. The summed E-state index contributed by atoms with van der Waals surface area (Å²) < 4.78 is 5.52. The number of aliphatic hydroxyl groups excluding tert-OH is 1. The molecule has 3 rings (SSSR count). The molecule has 16 heavy (non-hydrogen) atoms. The van der Waals surface area contributed by atoms with Crippen LogP contribution in [0.2, 0.25) is 0 Å². The van der Waals surface area contributed by atoms with Crippen molar-refractivity contribution in [1.82, 2.24) is 4.98 Å². The smallest absolute Gasteiger partial charge is 0.341 e. The Kier molecular flexibility index (Phi) is 2.01. The Labute approximate surface area is 93.3 Å². The first-order valence-electron chi connectivity index (χ1n) is 5.57. The van der Waals surface area contributed by atoms with Gasteiger partial charge in [0.2, 0.25) is 0 Å². The van der Waals surface area contributed by atoms with Gasteiger partial charge in [0.05, 0.1) is 11.7 Å². The summed E-state index contributed by atoms with van der Waals surface area (Å²) in [6, 6.07) is 1.86. The molecule has 1 aliphatic heterocycles. The topological polar surface area (TPSA) is 59.4 Å². The fourth-order valence-electron chi connectivity index (χ4n) is 2.68. The molecular formula is C12H13NO3. The second-order valence-electron chi connectivity index (χ2n) is 4.54. The predicted octanol–water partition coefficient (Wildman–Crippen LogP) is 1.38. The van der Waals surface area contributed by atoms with Crippen LogP contribution in [0.1, 0.15) is 41.6 Å². The number of ether oxygens (including phenoxy) is 1. The molecule has 1 spiro atoms. The number of carbonyl (C=O) groups is 1. The SMILES string of the molecule is O=C1O[C@]2(CC[C@@H](O)CC2)c2ccncc21. The Balaban J connectivity index is 2.02. The third-order valence-corrected chi connectivity index (χ3v) is 3.58. The molecule has 0 radical (unpaired) electrons. The molecule has 0 saturated heterocycles. The first kappa shape index (κ1) is 9.78. The van der Waals surface area contributed by atoms with E-state index in [1.165, 1.54) is 0 Å². The highest BCUT2D eigenvalue weighted by molar-refractivity contribution is 5.94. The highest BCUT2D eigenvalue weighted by atomic mass is 16.6. The fourth-order valence-corrected chi connectivity index (χ4v) is 2.68. The normalized spacial score (nSPS) is 32.6. The lowest BCUT2D eigenvalue weighted by atomic mass is 9.79. The molecule has 0 atom stereocenters. The molecule has 2 heterocycles. The van der Waals surface area contributed by atoms with Crippen molar-refractivity contribution in [2.75, 3.05) is 0 Å². The molecule has 1 aliphatic carbocycles. The largest absolute Gasteiger partial charge is 0.450 e. The van der Waals surface area contributed by atoms with E-state index >= 15 is 0 Å². The highest BCUT2D eigenvalue weighted by Crippen LogP contribution is 2.46. The zero-order valence-corrected chi connectivity index (χ0v) is 8.85. The molecule has 1 aromatic rings. The molecule has 4 nitrogen and oxygen atoms in total. The molecule has 2 aliphatic rings. The number of hydrogen-bond acceptors (Lipinski definition) is 4. The van der Waals surface area contributed by atoms with Crippen LogP contribution >= 0.6 is 0 Å². The third-order valence-electron chi connectivity index (χ3n) is 3.58. The van der Waals surface area contributed by atoms with Crippen LogP contribution in [-0.2, 0) is 10.3 Å². The number of aromatic nitrogens is 1. The molecule has 84 valence electrons. The lowest BCUT2D eigenvalue weighted by Gasteiger charge is -2.34. The van der Waals surface area contributed by atoms with Crippen LogP contribution in [0.3, 0.4) is 0 Å². The van der Waals surface area contributed by atoms with Gasteiger partial charge in [-0.3, -0.25) is 4.98 Å². The van der Waals surface area contributed by atoms with E-state index < -0.39 is 5.60 Å². The summed E-state index contributed by atoms with van der Waals surface area (Å²) in [6.07, 6.45) is 5.79. The third kappa shape index (κ3) is 1.26. The molecule has 1 N–H and O–H groups in total. The lowest BCUT2D eigenvalue weighted by Crippen LogP contribution is -2.33. The van der Waals surface area contributed by atoms with Crippen LogP contribution in [0.4, 0.5) is 0 Å². The molecular weight excluding hydrogens is 206 g/mol. The quantitative estimate of drug-likeness (QED) is 0.670. The maximum atomic E-state index is 11.7. The van der Waals surface area contributed by atoms with Gasteiger partial charge in [-0.2, -0.15) is 0 Å². The van der Waals surface area contributed by atoms with Crippen molar-refractivity contribution in [2.45, 2.75) is 37.4 Å². The van der Waals surface area contributed by atoms with Crippen molar-refractivity contribution in [3.05, 3.63) is 29.6 Å². The van der Waals surface area contributed by atoms with E-state index in [4.69, 9.17) is 4.74 Å². The number of pyridine rings is 1. The monoisotopic (exact) mass is 219 g/mol. The van der Waals surface area contributed by atoms with Crippen molar-refractivity contribution >= 4 is 5.97 Å². The Morgan fingerprint density at radius 1 is 1.44 bits per heavy atom. The van der Waals surface area contributed by atoms with Crippen molar-refractivity contribution in [1.29, 1.82) is 0 Å². The Bertz CT molecular complexity index is 436.